The van der Waals surface area contributed by atoms with Crippen molar-refractivity contribution in [3.05, 3.63) is 83.4 Å². The van der Waals surface area contributed by atoms with Crippen LogP contribution in [0, 0.1) is 0 Å². The van der Waals surface area contributed by atoms with Crippen molar-refractivity contribution in [2.24, 2.45) is 0 Å². The van der Waals surface area contributed by atoms with Gasteiger partial charge >= 0.3 is 6.18 Å². The summed E-state index contributed by atoms with van der Waals surface area (Å²) in [5.41, 5.74) is 1.84. The molecular weight excluding hydrogens is 393 g/mol. The third kappa shape index (κ3) is 5.83. The summed E-state index contributed by atoms with van der Waals surface area (Å²) in [6, 6.07) is 18.6. The monoisotopic (exact) mass is 416 g/mol. The lowest BCUT2D eigenvalue weighted by Crippen LogP contribution is -2.09. The van der Waals surface area contributed by atoms with Crippen LogP contribution in [0.25, 0.3) is 0 Å². The van der Waals surface area contributed by atoms with Crippen molar-refractivity contribution >= 4 is 11.4 Å². The zero-order chi connectivity index (χ0) is 21.6. The number of hydrogen-bond donors (Lipinski definition) is 2. The molecule has 3 aromatic carbocycles. The molecule has 158 valence electrons. The molecule has 0 unspecified atom stereocenters. The minimum Gasteiger partial charge on any atom is -0.497 e. The molecule has 0 aliphatic rings. The number of ether oxygens (including phenoxy) is 2. The minimum atomic E-state index is -4.44. The molecule has 0 saturated carbocycles. The summed E-state index contributed by atoms with van der Waals surface area (Å²) < 4.78 is 50.5. The first-order valence-electron chi connectivity index (χ1n) is 9.33. The Morgan fingerprint density at radius 2 is 1.17 bits per heavy atom. The smallest absolute Gasteiger partial charge is 0.416 e. The molecule has 0 heterocycles. The number of halogens is 3. The van der Waals surface area contributed by atoms with Crippen molar-refractivity contribution < 1.29 is 22.6 Å². The molecule has 3 aromatic rings. The summed E-state index contributed by atoms with van der Waals surface area (Å²) in [6.07, 6.45) is -4.44. The zero-order valence-electron chi connectivity index (χ0n) is 16.7. The summed E-state index contributed by atoms with van der Waals surface area (Å²) in [7, 11) is 3.14. The number of rotatable bonds is 8. The second-order valence-corrected chi connectivity index (χ2v) is 6.71. The molecule has 0 atom stereocenters. The molecule has 0 saturated heterocycles. The number of anilines is 2. The average molecular weight is 416 g/mol. The summed E-state index contributed by atoms with van der Waals surface area (Å²) in [5, 5.41) is 6.13. The van der Waals surface area contributed by atoms with E-state index in [9.17, 15) is 13.2 Å². The van der Waals surface area contributed by atoms with Gasteiger partial charge in [-0.15, -0.1) is 0 Å². The zero-order valence-corrected chi connectivity index (χ0v) is 16.7. The van der Waals surface area contributed by atoms with Gasteiger partial charge in [-0.25, -0.2) is 0 Å². The quantitative estimate of drug-likeness (QED) is 0.476. The Morgan fingerprint density at radius 3 is 1.57 bits per heavy atom. The van der Waals surface area contributed by atoms with Crippen molar-refractivity contribution in [1.29, 1.82) is 0 Å². The van der Waals surface area contributed by atoms with Crippen molar-refractivity contribution in [3.63, 3.8) is 0 Å². The SMILES string of the molecule is COc1cccc(CNc2cc(NCc3cccc(OC)c3)cc(C(F)(F)F)c2)c1. The van der Waals surface area contributed by atoms with Gasteiger partial charge in [0.15, 0.2) is 0 Å². The van der Waals surface area contributed by atoms with E-state index in [-0.39, 0.29) is 0 Å². The van der Waals surface area contributed by atoms with Crippen LogP contribution in [0.2, 0.25) is 0 Å². The maximum atomic E-state index is 13.4. The Morgan fingerprint density at radius 1 is 0.700 bits per heavy atom. The van der Waals surface area contributed by atoms with E-state index in [2.05, 4.69) is 10.6 Å². The van der Waals surface area contributed by atoms with Crippen molar-refractivity contribution in [3.8, 4) is 11.5 Å². The van der Waals surface area contributed by atoms with Gasteiger partial charge in [-0.2, -0.15) is 13.2 Å². The highest BCUT2D eigenvalue weighted by Gasteiger charge is 2.31. The van der Waals surface area contributed by atoms with Crippen LogP contribution in [-0.2, 0) is 19.3 Å². The average Bonchev–Trinajstić information content (AvgIpc) is 2.76. The highest BCUT2D eigenvalue weighted by molar-refractivity contribution is 5.60. The van der Waals surface area contributed by atoms with Crippen molar-refractivity contribution in [2.75, 3.05) is 24.9 Å². The summed E-state index contributed by atoms with van der Waals surface area (Å²) in [4.78, 5) is 0. The van der Waals surface area contributed by atoms with E-state index in [1.165, 1.54) is 0 Å². The molecule has 0 spiro atoms. The van der Waals surface area contributed by atoms with Crippen LogP contribution in [-0.4, -0.2) is 14.2 Å². The lowest BCUT2D eigenvalue weighted by Gasteiger charge is -2.15. The third-order valence-corrected chi connectivity index (χ3v) is 4.52. The maximum absolute atomic E-state index is 13.4. The second kappa shape index (κ2) is 9.43. The Balaban J connectivity index is 1.77. The van der Waals surface area contributed by atoms with Crippen LogP contribution in [0.3, 0.4) is 0 Å². The number of benzene rings is 3. The Kier molecular flexibility index (Phi) is 6.72. The number of nitrogens with one attached hydrogen (secondary N) is 2. The van der Waals surface area contributed by atoms with Crippen LogP contribution >= 0.6 is 0 Å². The molecule has 30 heavy (non-hydrogen) atoms. The van der Waals surface area contributed by atoms with E-state index in [4.69, 9.17) is 9.47 Å². The van der Waals surface area contributed by atoms with Crippen LogP contribution < -0.4 is 20.1 Å². The second-order valence-electron chi connectivity index (χ2n) is 6.71. The first-order chi connectivity index (χ1) is 14.4. The molecule has 0 fully saturated rings. The van der Waals surface area contributed by atoms with Gasteiger partial charge in [0.25, 0.3) is 0 Å². The molecule has 0 amide bonds. The predicted octanol–water partition coefficient (Wildman–Crippen LogP) is 5.95. The fourth-order valence-electron chi connectivity index (χ4n) is 2.97. The van der Waals surface area contributed by atoms with Crippen LogP contribution in [0.1, 0.15) is 16.7 Å². The van der Waals surface area contributed by atoms with Gasteiger partial charge in [0, 0.05) is 24.5 Å². The summed E-state index contributed by atoms with van der Waals surface area (Å²) >= 11 is 0. The Labute approximate surface area is 173 Å². The van der Waals surface area contributed by atoms with Gasteiger partial charge < -0.3 is 20.1 Å². The lowest BCUT2D eigenvalue weighted by molar-refractivity contribution is -0.137. The summed E-state index contributed by atoms with van der Waals surface area (Å²) in [5.74, 6) is 1.39. The van der Waals surface area contributed by atoms with Gasteiger partial charge in [-0.1, -0.05) is 24.3 Å². The van der Waals surface area contributed by atoms with Crippen LogP contribution in [0.15, 0.2) is 66.7 Å². The van der Waals surface area contributed by atoms with Gasteiger partial charge in [-0.3, -0.25) is 0 Å². The predicted molar refractivity (Wildman–Crippen MR) is 112 cm³/mol. The normalized spacial score (nSPS) is 11.1. The van der Waals surface area contributed by atoms with E-state index in [0.29, 0.717) is 36.0 Å². The van der Waals surface area contributed by atoms with Gasteiger partial charge in [0.1, 0.15) is 11.5 Å². The van der Waals surface area contributed by atoms with Crippen LogP contribution in [0.4, 0.5) is 24.5 Å². The number of methoxy groups -OCH3 is 2. The lowest BCUT2D eigenvalue weighted by atomic mass is 10.1. The van der Waals surface area contributed by atoms with Gasteiger partial charge in [0.05, 0.1) is 19.8 Å². The molecule has 0 aliphatic carbocycles. The Bertz CT molecular complexity index is 920. The maximum Gasteiger partial charge on any atom is 0.416 e. The largest absolute Gasteiger partial charge is 0.497 e. The number of hydrogen-bond acceptors (Lipinski definition) is 4. The fourth-order valence-corrected chi connectivity index (χ4v) is 2.97. The molecule has 0 bridgehead atoms. The molecule has 0 aromatic heterocycles. The number of alkyl halides is 3. The molecular formula is C23H23F3N2O2. The molecule has 7 heteroatoms. The first-order valence-corrected chi connectivity index (χ1v) is 9.33. The minimum absolute atomic E-state index is 0.369. The molecule has 4 nitrogen and oxygen atoms in total. The molecule has 3 rings (SSSR count). The van der Waals surface area contributed by atoms with Gasteiger partial charge in [-0.05, 0) is 53.6 Å². The Hall–Kier alpha value is -3.35. The first kappa shape index (κ1) is 21.4. The topological polar surface area (TPSA) is 42.5 Å². The standard InChI is InChI=1S/C23H23F3N2O2/c1-29-21-7-3-5-16(9-21)14-27-19-11-18(23(24,25)26)12-20(13-19)28-15-17-6-4-8-22(10-17)30-2/h3-13,27-28H,14-15H2,1-2H3. The molecule has 0 radical (unpaired) electrons. The van der Waals surface area contributed by atoms with Crippen molar-refractivity contribution in [1.82, 2.24) is 0 Å². The summed E-state index contributed by atoms with van der Waals surface area (Å²) in [6.45, 7) is 0.738. The van der Waals surface area contributed by atoms with Gasteiger partial charge in [0.2, 0.25) is 0 Å². The molecule has 2 N–H and O–H groups in total. The highest BCUT2D eigenvalue weighted by Crippen LogP contribution is 2.34. The highest BCUT2D eigenvalue weighted by atomic mass is 19.4. The van der Waals surface area contributed by atoms with E-state index < -0.39 is 11.7 Å². The fraction of sp³-hybridized carbons (Fsp3) is 0.217. The van der Waals surface area contributed by atoms with E-state index in [1.807, 2.05) is 48.5 Å². The molecule has 0 aliphatic heterocycles. The van der Waals surface area contributed by atoms with Crippen molar-refractivity contribution in [2.45, 2.75) is 19.3 Å². The van der Waals surface area contributed by atoms with Crippen LogP contribution in [0.5, 0.6) is 11.5 Å². The van der Waals surface area contributed by atoms with E-state index in [1.54, 1.807) is 20.3 Å². The van der Waals surface area contributed by atoms with E-state index >= 15 is 0 Å². The third-order valence-electron chi connectivity index (χ3n) is 4.52. The van der Waals surface area contributed by atoms with E-state index in [0.717, 1.165) is 23.3 Å².